The minimum absolute atomic E-state index is 0.0121. The average molecular weight is 770 g/mol. The van der Waals surface area contributed by atoms with Crippen LogP contribution >= 0.6 is 0 Å². The molecular formula is C45H51N7O5. The maximum Gasteiger partial charge on any atom is 0.407 e. The van der Waals surface area contributed by atoms with E-state index in [9.17, 15) is 14.4 Å². The van der Waals surface area contributed by atoms with Crippen molar-refractivity contribution in [3.05, 3.63) is 83.6 Å². The van der Waals surface area contributed by atoms with Gasteiger partial charge in [-0.3, -0.25) is 9.59 Å². The van der Waals surface area contributed by atoms with Gasteiger partial charge in [-0.25, -0.2) is 14.8 Å². The number of carbonyl (C=O) groups excluding carboxylic acids is 3. The van der Waals surface area contributed by atoms with Crippen LogP contribution in [0.2, 0.25) is 0 Å². The average Bonchev–Trinajstić information content (AvgIpc) is 4.03. The van der Waals surface area contributed by atoms with Crippen LogP contribution in [0.3, 0.4) is 0 Å². The largest absolute Gasteiger partial charge is 0.453 e. The molecule has 3 aliphatic heterocycles. The van der Waals surface area contributed by atoms with Crippen molar-refractivity contribution in [2.24, 2.45) is 11.8 Å². The number of rotatable bonds is 9. The van der Waals surface area contributed by atoms with Crippen LogP contribution in [0.25, 0.3) is 44.5 Å². The number of fused-ring (bicyclic) bond motifs is 6. The van der Waals surface area contributed by atoms with Crippen molar-refractivity contribution >= 4 is 28.9 Å². The van der Waals surface area contributed by atoms with Gasteiger partial charge in [0.25, 0.3) is 0 Å². The fourth-order valence-corrected chi connectivity index (χ4v) is 9.49. The molecule has 5 heterocycles. The van der Waals surface area contributed by atoms with E-state index in [-0.39, 0.29) is 35.2 Å². The highest BCUT2D eigenvalue weighted by Gasteiger charge is 2.49. The first-order chi connectivity index (χ1) is 27.5. The van der Waals surface area contributed by atoms with Crippen molar-refractivity contribution < 1.29 is 23.9 Å². The van der Waals surface area contributed by atoms with Crippen LogP contribution in [-0.2, 0) is 24.5 Å². The number of hydrogen-bond donors (Lipinski definition) is 3. The van der Waals surface area contributed by atoms with Crippen LogP contribution in [-0.4, -0.2) is 87.1 Å². The number of likely N-dealkylation sites (tertiary alicyclic amines) is 2. The zero-order chi connectivity index (χ0) is 39.6. The fourth-order valence-electron chi connectivity index (χ4n) is 9.49. The molecule has 3 N–H and O–H groups in total. The number of H-pyrrole nitrogens is 2. The summed E-state index contributed by atoms with van der Waals surface area (Å²) in [7, 11) is 1.30. The first-order valence-corrected chi connectivity index (χ1v) is 20.4. The molecule has 0 unspecified atom stereocenters. The summed E-state index contributed by atoms with van der Waals surface area (Å²) in [6, 6.07) is 18.9. The first kappa shape index (κ1) is 37.1. The number of aromatic nitrogens is 4. The normalized spacial score (nSPS) is 20.0. The van der Waals surface area contributed by atoms with Gasteiger partial charge in [-0.05, 0) is 101 Å². The molecule has 1 aliphatic carbocycles. The molecule has 0 bridgehead atoms. The van der Waals surface area contributed by atoms with Crippen molar-refractivity contribution in [3.8, 4) is 33.5 Å². The molecule has 57 heavy (non-hydrogen) atoms. The number of alkyl carbamates (subject to hydrolysis) is 1. The number of benzene rings is 3. The van der Waals surface area contributed by atoms with E-state index in [0.717, 1.165) is 77.3 Å². The highest BCUT2D eigenvalue weighted by atomic mass is 16.5. The molecular weight excluding hydrogens is 719 g/mol. The number of nitrogens with one attached hydrogen (secondary N) is 3. The molecule has 3 fully saturated rings. The SMILES string of the molecule is COC(=O)N[C@H](C(=O)N1CCC[C@H]1c1nc2ccc(-c3ccc4c(c3)C3(COC3)c3cc(-c5cnc([C@@H]6CCCN6C(=O)CC(C)C)[nH]5)ccc3-4)cc2[nH]1)C(C)C. The minimum atomic E-state index is -0.685. The number of ether oxygens (including phenoxy) is 2. The molecule has 4 aliphatic rings. The van der Waals surface area contributed by atoms with Crippen LogP contribution in [0.15, 0.2) is 60.8 Å². The van der Waals surface area contributed by atoms with E-state index in [1.807, 2.05) is 35.9 Å². The van der Waals surface area contributed by atoms with Gasteiger partial charge >= 0.3 is 6.09 Å². The van der Waals surface area contributed by atoms with E-state index in [2.05, 4.69) is 77.7 Å². The van der Waals surface area contributed by atoms with E-state index < -0.39 is 12.1 Å². The maximum absolute atomic E-state index is 13.7. The lowest BCUT2D eigenvalue weighted by Gasteiger charge is -2.40. The lowest BCUT2D eigenvalue weighted by Crippen LogP contribution is -2.51. The Kier molecular flexibility index (Phi) is 9.42. The van der Waals surface area contributed by atoms with Crippen molar-refractivity contribution in [3.63, 3.8) is 0 Å². The second kappa shape index (κ2) is 14.5. The fraction of sp³-hybridized carbons (Fsp3) is 0.444. The molecule has 2 aromatic heterocycles. The second-order valence-electron chi connectivity index (χ2n) is 17.0. The summed E-state index contributed by atoms with van der Waals surface area (Å²) in [5.74, 6) is 1.92. The van der Waals surface area contributed by atoms with Gasteiger partial charge in [-0.15, -0.1) is 0 Å². The third-order valence-electron chi connectivity index (χ3n) is 12.5. The molecule has 296 valence electrons. The molecule has 3 aromatic carbocycles. The van der Waals surface area contributed by atoms with Crippen LogP contribution in [0.1, 0.15) is 94.7 Å². The summed E-state index contributed by atoms with van der Waals surface area (Å²) in [5, 5.41) is 2.73. The van der Waals surface area contributed by atoms with Gasteiger partial charge in [0.05, 0.1) is 60.7 Å². The number of methoxy groups -OCH3 is 1. The third kappa shape index (κ3) is 6.38. The quantitative estimate of drug-likeness (QED) is 0.140. The van der Waals surface area contributed by atoms with Crippen molar-refractivity contribution in [1.29, 1.82) is 0 Å². The molecule has 0 saturated carbocycles. The van der Waals surface area contributed by atoms with Crippen molar-refractivity contribution in [2.75, 3.05) is 33.4 Å². The molecule has 3 amide bonds. The second-order valence-corrected chi connectivity index (χ2v) is 17.0. The summed E-state index contributed by atoms with van der Waals surface area (Å²) in [6.45, 7) is 10.6. The Balaban J connectivity index is 0.970. The Morgan fingerprint density at radius 2 is 1.51 bits per heavy atom. The Bertz CT molecular complexity index is 2370. The van der Waals surface area contributed by atoms with Gasteiger partial charge in [-0.2, -0.15) is 0 Å². The van der Waals surface area contributed by atoms with Gasteiger partial charge in [0.1, 0.15) is 17.7 Å². The van der Waals surface area contributed by atoms with E-state index in [0.29, 0.717) is 32.1 Å². The molecule has 3 saturated heterocycles. The lowest BCUT2D eigenvalue weighted by atomic mass is 9.75. The number of aromatic amines is 2. The molecule has 12 nitrogen and oxygen atoms in total. The summed E-state index contributed by atoms with van der Waals surface area (Å²) in [4.78, 5) is 59.5. The summed E-state index contributed by atoms with van der Waals surface area (Å²) >= 11 is 0. The summed E-state index contributed by atoms with van der Waals surface area (Å²) < 4.78 is 10.8. The molecule has 12 heteroatoms. The standard InChI is InChI=1S/C45H51N7O5/c1-25(2)18-39(53)51-16-6-8-37(51)41-46-22-36(49-41)29-11-14-31-30-13-10-27(19-32(30)45(23-57-24-45)33(31)20-29)28-12-15-34-35(21-28)48-42(47-34)38-9-7-17-52(38)43(54)40(26(3)4)50-44(55)56-5/h10-15,19-22,25-26,37-38,40H,6-9,16-18,23-24H2,1-5H3,(H,46,49)(H,47,48)(H,50,55)/t37-,38-,40-/m0/s1. The zero-order valence-corrected chi connectivity index (χ0v) is 33.4. The van der Waals surface area contributed by atoms with Crippen LogP contribution in [0.5, 0.6) is 0 Å². The molecule has 1 spiro atoms. The monoisotopic (exact) mass is 769 g/mol. The Morgan fingerprint density at radius 3 is 2.18 bits per heavy atom. The predicted molar refractivity (Wildman–Crippen MR) is 217 cm³/mol. The lowest BCUT2D eigenvalue weighted by molar-refractivity contribution is -0.135. The van der Waals surface area contributed by atoms with E-state index in [1.165, 1.54) is 29.4 Å². The van der Waals surface area contributed by atoms with Crippen LogP contribution in [0.4, 0.5) is 4.79 Å². The number of nitrogens with zero attached hydrogens (tertiary/aromatic N) is 4. The summed E-state index contributed by atoms with van der Waals surface area (Å²) in [6.07, 6.45) is 5.41. The van der Waals surface area contributed by atoms with Gasteiger partial charge in [0.15, 0.2) is 0 Å². The van der Waals surface area contributed by atoms with Gasteiger partial charge in [-0.1, -0.05) is 58.0 Å². The minimum Gasteiger partial charge on any atom is -0.453 e. The number of imidazole rings is 2. The third-order valence-corrected chi connectivity index (χ3v) is 12.5. The highest BCUT2D eigenvalue weighted by Crippen LogP contribution is 2.54. The van der Waals surface area contributed by atoms with Crippen molar-refractivity contribution in [2.45, 2.75) is 83.3 Å². The Hall–Kier alpha value is -5.49. The van der Waals surface area contributed by atoms with Crippen LogP contribution < -0.4 is 5.32 Å². The number of carbonyl (C=O) groups is 3. The smallest absolute Gasteiger partial charge is 0.407 e. The Morgan fingerprint density at radius 1 is 0.860 bits per heavy atom. The molecule has 3 atom stereocenters. The van der Waals surface area contributed by atoms with E-state index >= 15 is 0 Å². The Labute approximate surface area is 332 Å². The van der Waals surface area contributed by atoms with Gasteiger partial charge < -0.3 is 34.6 Å². The van der Waals surface area contributed by atoms with E-state index in [4.69, 9.17) is 19.4 Å². The number of hydrogen-bond acceptors (Lipinski definition) is 7. The molecule has 5 aromatic rings. The summed E-state index contributed by atoms with van der Waals surface area (Å²) in [5.41, 5.74) is 10.8. The maximum atomic E-state index is 13.7. The van der Waals surface area contributed by atoms with Gasteiger partial charge in [0, 0.05) is 19.5 Å². The predicted octanol–water partition coefficient (Wildman–Crippen LogP) is 7.67. The first-order valence-electron chi connectivity index (χ1n) is 20.4. The van der Waals surface area contributed by atoms with Crippen molar-refractivity contribution in [1.82, 2.24) is 35.1 Å². The van der Waals surface area contributed by atoms with Gasteiger partial charge in [0.2, 0.25) is 11.8 Å². The molecule has 9 rings (SSSR count). The van der Waals surface area contributed by atoms with E-state index in [1.54, 1.807) is 0 Å². The highest BCUT2D eigenvalue weighted by molar-refractivity contribution is 5.89. The number of amides is 3. The van der Waals surface area contributed by atoms with Crippen LogP contribution in [0, 0.1) is 11.8 Å². The zero-order valence-electron chi connectivity index (χ0n) is 33.4. The molecule has 0 radical (unpaired) electrons. The topological polar surface area (TPSA) is 146 Å².